The number of fused-ring (bicyclic) bond motifs is 9. The third-order valence-electron chi connectivity index (χ3n) is 12.1. The number of carbonyl (C=O) groups excluding carboxylic acids is 3. The van der Waals surface area contributed by atoms with E-state index in [1.807, 2.05) is 72.8 Å². The van der Waals surface area contributed by atoms with Crippen molar-refractivity contribution in [3.05, 3.63) is 179 Å². The van der Waals surface area contributed by atoms with Crippen molar-refractivity contribution < 1.29 is 28.6 Å². The highest BCUT2D eigenvalue weighted by molar-refractivity contribution is 5.81. The Labute approximate surface area is 355 Å². The second kappa shape index (κ2) is 18.1. The van der Waals surface area contributed by atoms with Gasteiger partial charge in [0.2, 0.25) is 0 Å². The van der Waals surface area contributed by atoms with Crippen LogP contribution in [0.3, 0.4) is 0 Å². The Balaban J connectivity index is 0.770. The molecule has 0 atom stereocenters. The van der Waals surface area contributed by atoms with Gasteiger partial charge in [0.15, 0.2) is 0 Å². The number of hydrogen-bond acceptors (Lipinski definition) is 7. The molecule has 0 saturated carbocycles. The molecule has 0 bridgehead atoms. The molecule has 0 aromatic heterocycles. The Morgan fingerprint density at radius 3 is 0.803 bits per heavy atom. The SMILES string of the molecule is O=C(NCCN(CCNC(=O)OCC1c2ccccc2-c2ccccc21)CCNC(=O)OCC1c2ccccc2-c2ccccc21)OCC1c2ccccc2-c2ccccc21. The van der Waals surface area contributed by atoms with Gasteiger partial charge < -0.3 is 30.2 Å². The first-order chi connectivity index (χ1) is 30.0. The van der Waals surface area contributed by atoms with Gasteiger partial charge >= 0.3 is 18.3 Å². The van der Waals surface area contributed by atoms with Gasteiger partial charge in [-0.15, -0.1) is 0 Å². The minimum absolute atomic E-state index is 0.0392. The zero-order valence-electron chi connectivity index (χ0n) is 33.8. The van der Waals surface area contributed by atoms with Gasteiger partial charge in [-0.1, -0.05) is 146 Å². The van der Waals surface area contributed by atoms with Crippen molar-refractivity contribution in [2.45, 2.75) is 17.8 Å². The zero-order valence-corrected chi connectivity index (χ0v) is 33.8. The quantitative estimate of drug-likeness (QED) is 0.0887. The van der Waals surface area contributed by atoms with Crippen LogP contribution in [0.5, 0.6) is 0 Å². The minimum atomic E-state index is -0.504. The lowest BCUT2D eigenvalue weighted by Gasteiger charge is -2.23. The number of amides is 3. The summed E-state index contributed by atoms with van der Waals surface area (Å²) in [7, 11) is 0. The van der Waals surface area contributed by atoms with E-state index in [1.165, 1.54) is 33.4 Å². The molecule has 0 fully saturated rings. The average Bonchev–Trinajstić information content (AvgIpc) is 3.92. The van der Waals surface area contributed by atoms with Gasteiger partial charge in [0.05, 0.1) is 0 Å². The fraction of sp³-hybridized carbons (Fsp3) is 0.235. The average molecular weight is 813 g/mol. The van der Waals surface area contributed by atoms with Crippen molar-refractivity contribution in [1.29, 1.82) is 0 Å². The largest absolute Gasteiger partial charge is 0.449 e. The van der Waals surface area contributed by atoms with Gasteiger partial charge in [0.1, 0.15) is 19.8 Å². The monoisotopic (exact) mass is 812 g/mol. The Bertz CT molecular complexity index is 2140. The van der Waals surface area contributed by atoms with Crippen LogP contribution in [0.25, 0.3) is 33.4 Å². The van der Waals surface area contributed by atoms with Crippen molar-refractivity contribution in [1.82, 2.24) is 20.9 Å². The Morgan fingerprint density at radius 2 is 0.574 bits per heavy atom. The Hall–Kier alpha value is -6.91. The van der Waals surface area contributed by atoms with Gasteiger partial charge in [-0.3, -0.25) is 4.90 Å². The molecule has 10 heteroatoms. The van der Waals surface area contributed by atoms with E-state index in [0.717, 1.165) is 33.4 Å². The molecule has 9 rings (SSSR count). The van der Waals surface area contributed by atoms with Crippen LogP contribution in [0.2, 0.25) is 0 Å². The van der Waals surface area contributed by atoms with E-state index in [9.17, 15) is 14.4 Å². The van der Waals surface area contributed by atoms with E-state index in [4.69, 9.17) is 14.2 Å². The van der Waals surface area contributed by atoms with Crippen LogP contribution < -0.4 is 16.0 Å². The Morgan fingerprint density at radius 1 is 0.361 bits per heavy atom. The molecule has 61 heavy (non-hydrogen) atoms. The molecular formula is C51H48N4O6. The van der Waals surface area contributed by atoms with Gasteiger partial charge in [-0.2, -0.15) is 0 Å². The molecule has 0 radical (unpaired) electrons. The Kier molecular flexibility index (Phi) is 11.8. The van der Waals surface area contributed by atoms with E-state index in [0.29, 0.717) is 39.3 Å². The van der Waals surface area contributed by atoms with E-state index < -0.39 is 18.3 Å². The summed E-state index contributed by atoms with van der Waals surface area (Å²) in [6.07, 6.45) is -1.51. The van der Waals surface area contributed by atoms with Crippen molar-refractivity contribution in [2.75, 3.05) is 59.1 Å². The predicted molar refractivity (Wildman–Crippen MR) is 236 cm³/mol. The van der Waals surface area contributed by atoms with Crippen molar-refractivity contribution in [3.8, 4) is 33.4 Å². The molecule has 3 aliphatic rings. The van der Waals surface area contributed by atoms with Gasteiger partial charge in [-0.05, 0) is 66.8 Å². The van der Waals surface area contributed by atoms with E-state index >= 15 is 0 Å². The van der Waals surface area contributed by atoms with Crippen molar-refractivity contribution in [3.63, 3.8) is 0 Å². The summed E-state index contributed by atoms with van der Waals surface area (Å²) in [5.41, 5.74) is 13.9. The molecule has 6 aromatic rings. The zero-order chi connectivity index (χ0) is 41.5. The highest BCUT2D eigenvalue weighted by Gasteiger charge is 2.31. The molecule has 0 saturated heterocycles. The second-order valence-corrected chi connectivity index (χ2v) is 15.6. The van der Waals surface area contributed by atoms with E-state index in [1.54, 1.807) is 0 Å². The summed E-state index contributed by atoms with van der Waals surface area (Å²) < 4.78 is 17.3. The van der Waals surface area contributed by atoms with Crippen LogP contribution in [0, 0.1) is 0 Å². The summed E-state index contributed by atoms with van der Waals surface area (Å²) in [6.45, 7) is 2.90. The van der Waals surface area contributed by atoms with Gasteiger partial charge in [-0.25, -0.2) is 14.4 Å². The molecule has 0 heterocycles. The lowest BCUT2D eigenvalue weighted by molar-refractivity contribution is 0.138. The van der Waals surface area contributed by atoms with Crippen LogP contribution >= 0.6 is 0 Å². The second-order valence-electron chi connectivity index (χ2n) is 15.6. The fourth-order valence-corrected chi connectivity index (χ4v) is 9.23. The summed E-state index contributed by atoms with van der Waals surface area (Å²) in [5.74, 6) is -0.118. The molecule has 10 nitrogen and oxygen atoms in total. The number of ether oxygens (including phenoxy) is 3. The lowest BCUT2D eigenvalue weighted by atomic mass is 9.98. The molecule has 308 valence electrons. The first-order valence-electron chi connectivity index (χ1n) is 21.0. The number of rotatable bonds is 15. The van der Waals surface area contributed by atoms with Crippen LogP contribution in [-0.4, -0.2) is 82.3 Å². The first kappa shape index (κ1) is 39.5. The maximum absolute atomic E-state index is 13.0. The van der Waals surface area contributed by atoms with Crippen LogP contribution in [-0.2, 0) is 14.2 Å². The molecule has 0 spiro atoms. The fourth-order valence-electron chi connectivity index (χ4n) is 9.23. The summed E-state index contributed by atoms with van der Waals surface area (Å²) in [5, 5.41) is 8.68. The normalized spacial score (nSPS) is 13.3. The molecule has 3 N–H and O–H groups in total. The highest BCUT2D eigenvalue weighted by atomic mass is 16.6. The topological polar surface area (TPSA) is 118 Å². The molecular weight excluding hydrogens is 765 g/mol. The summed E-state index contributed by atoms with van der Waals surface area (Å²) >= 11 is 0. The van der Waals surface area contributed by atoms with Crippen LogP contribution in [0.15, 0.2) is 146 Å². The predicted octanol–water partition coefficient (Wildman–Crippen LogP) is 8.90. The lowest BCUT2D eigenvalue weighted by Crippen LogP contribution is -2.43. The van der Waals surface area contributed by atoms with E-state index in [2.05, 4.69) is 93.6 Å². The van der Waals surface area contributed by atoms with Crippen LogP contribution in [0.4, 0.5) is 14.4 Å². The van der Waals surface area contributed by atoms with Gasteiger partial charge in [0, 0.05) is 57.0 Å². The molecule has 6 aromatic carbocycles. The maximum atomic E-state index is 13.0. The summed E-state index contributed by atoms with van der Waals surface area (Å²) in [6, 6.07) is 49.4. The smallest absolute Gasteiger partial charge is 0.407 e. The molecule has 0 aliphatic heterocycles. The highest BCUT2D eigenvalue weighted by Crippen LogP contribution is 2.46. The van der Waals surface area contributed by atoms with Gasteiger partial charge in [0.25, 0.3) is 0 Å². The first-order valence-corrected chi connectivity index (χ1v) is 21.0. The standard InChI is InChI=1S/C51H48N4O6/c56-49(59-31-46-40-19-7-1-13-34(40)35-14-2-8-20-41(35)46)52-25-28-55(29-26-53-50(57)60-32-47-42-21-9-3-15-36(42)37-16-4-10-22-43(37)47)30-27-54-51(58)61-33-48-44-23-11-5-17-38(44)39-18-6-12-24-45(39)48/h1-24,46-48H,25-33H2,(H,52,56)(H,53,57)(H,54,58). The maximum Gasteiger partial charge on any atom is 0.407 e. The minimum Gasteiger partial charge on any atom is -0.449 e. The summed E-state index contributed by atoms with van der Waals surface area (Å²) in [4.78, 5) is 41.0. The third-order valence-corrected chi connectivity index (χ3v) is 12.1. The molecule has 3 amide bonds. The molecule has 0 unspecified atom stereocenters. The number of hydrogen-bond donors (Lipinski definition) is 3. The van der Waals surface area contributed by atoms with Crippen molar-refractivity contribution >= 4 is 18.3 Å². The number of carbonyl (C=O) groups is 3. The molecule has 3 aliphatic carbocycles. The third kappa shape index (κ3) is 8.45. The van der Waals surface area contributed by atoms with E-state index in [-0.39, 0.29) is 37.6 Å². The number of alkyl carbamates (subject to hydrolysis) is 3. The number of nitrogens with one attached hydrogen (secondary N) is 3. The van der Waals surface area contributed by atoms with Crippen LogP contribution in [0.1, 0.15) is 51.1 Å². The van der Waals surface area contributed by atoms with Crippen molar-refractivity contribution in [2.24, 2.45) is 0 Å². The number of nitrogens with zero attached hydrogens (tertiary/aromatic N) is 1. The number of benzene rings is 6.